The number of nitrogens with zero attached hydrogens (tertiary/aromatic N) is 3. The van der Waals surface area contributed by atoms with E-state index in [1.165, 1.54) is 8.99 Å². The molecule has 1 aliphatic rings. The molecule has 1 aliphatic heterocycles. The molecule has 0 spiro atoms. The van der Waals surface area contributed by atoms with Crippen molar-refractivity contribution in [3.63, 3.8) is 0 Å². The second-order valence-corrected chi connectivity index (χ2v) is 9.07. The summed E-state index contributed by atoms with van der Waals surface area (Å²) >= 11 is 12.1. The summed E-state index contributed by atoms with van der Waals surface area (Å²) in [6.07, 6.45) is 1.24. The topological polar surface area (TPSA) is 72.3 Å². The number of sulfonamides is 1. The quantitative estimate of drug-likeness (QED) is 0.717. The highest BCUT2D eigenvalue weighted by Crippen LogP contribution is 2.31. The molecule has 1 fully saturated rings. The van der Waals surface area contributed by atoms with Gasteiger partial charge in [-0.05, 0) is 31.9 Å². The third kappa shape index (κ3) is 3.53. The van der Waals surface area contributed by atoms with Crippen LogP contribution in [0.25, 0.3) is 0 Å². The molecule has 6 nitrogen and oxygen atoms in total. The summed E-state index contributed by atoms with van der Waals surface area (Å²) in [5.74, 6) is -0.505. The first-order valence-electron chi connectivity index (χ1n) is 8.21. The molecule has 2 aromatic rings. The first kappa shape index (κ1) is 19.4. The molecule has 9 heteroatoms. The van der Waals surface area contributed by atoms with E-state index < -0.39 is 15.9 Å². The summed E-state index contributed by atoms with van der Waals surface area (Å²) in [5, 5.41) is 4.64. The van der Waals surface area contributed by atoms with E-state index in [9.17, 15) is 13.2 Å². The van der Waals surface area contributed by atoms with Crippen LogP contribution in [0.3, 0.4) is 0 Å². The first-order chi connectivity index (χ1) is 12.2. The van der Waals surface area contributed by atoms with Crippen LogP contribution < -0.4 is 0 Å². The molecule has 1 atom stereocenters. The summed E-state index contributed by atoms with van der Waals surface area (Å²) in [7, 11) is -2.23. The number of Topliss-reactive ketones (excluding diaryl/α,β-unsaturated/α-hetero) is 1. The van der Waals surface area contributed by atoms with Gasteiger partial charge in [0.1, 0.15) is 10.0 Å². The molecule has 0 bridgehead atoms. The fourth-order valence-corrected chi connectivity index (χ4v) is 5.71. The van der Waals surface area contributed by atoms with Gasteiger partial charge in [-0.1, -0.05) is 35.3 Å². The van der Waals surface area contributed by atoms with E-state index in [-0.39, 0.29) is 22.4 Å². The molecule has 0 N–H and O–H groups in total. The Morgan fingerprint density at radius 2 is 2.04 bits per heavy atom. The molecule has 1 aromatic carbocycles. The number of aryl methyl sites for hydroxylation is 2. The summed E-state index contributed by atoms with van der Waals surface area (Å²) in [5.41, 5.74) is 0.845. The molecule has 1 unspecified atom stereocenters. The van der Waals surface area contributed by atoms with E-state index in [0.717, 1.165) is 0 Å². The molecule has 1 saturated heterocycles. The highest BCUT2D eigenvalue weighted by Gasteiger charge is 2.36. The van der Waals surface area contributed by atoms with Crippen molar-refractivity contribution in [2.45, 2.75) is 24.7 Å². The average Bonchev–Trinajstić information content (AvgIpc) is 2.87. The number of carbonyl (C=O) groups excluding carboxylic acids is 1. The Balaban J connectivity index is 1.87. The zero-order valence-corrected chi connectivity index (χ0v) is 16.8. The van der Waals surface area contributed by atoms with Gasteiger partial charge in [-0.25, -0.2) is 8.42 Å². The van der Waals surface area contributed by atoms with Gasteiger partial charge in [-0.15, -0.1) is 0 Å². The molecular formula is C17H19Cl2N3O3S. The normalized spacial score (nSPS) is 18.8. The number of hydrogen-bond acceptors (Lipinski definition) is 4. The van der Waals surface area contributed by atoms with Gasteiger partial charge in [0.05, 0.1) is 5.69 Å². The molecule has 3 rings (SSSR count). The van der Waals surface area contributed by atoms with Gasteiger partial charge in [0.25, 0.3) is 0 Å². The standard InChI is InChI=1S/C17H19Cl2N3O3S/c1-11-16(17(19)21(2)20-11)26(24,25)22-8-4-6-13(10-22)15(23)12-5-3-7-14(18)9-12/h3,5,7,9,13H,4,6,8,10H2,1-2H3. The predicted octanol–water partition coefficient (Wildman–Crippen LogP) is 3.32. The van der Waals surface area contributed by atoms with Crippen molar-refractivity contribution in [1.82, 2.24) is 14.1 Å². The van der Waals surface area contributed by atoms with Crippen molar-refractivity contribution in [2.24, 2.45) is 13.0 Å². The minimum atomic E-state index is -3.82. The van der Waals surface area contributed by atoms with Crippen LogP contribution in [-0.4, -0.2) is 41.4 Å². The van der Waals surface area contributed by atoms with Crippen LogP contribution in [0.2, 0.25) is 10.2 Å². The maximum Gasteiger partial charge on any atom is 0.248 e. The van der Waals surface area contributed by atoms with Crippen LogP contribution in [0.1, 0.15) is 28.9 Å². The van der Waals surface area contributed by atoms with Crippen LogP contribution >= 0.6 is 23.2 Å². The monoisotopic (exact) mass is 415 g/mol. The number of rotatable bonds is 4. The summed E-state index contributed by atoms with van der Waals surface area (Å²) in [4.78, 5) is 12.8. The van der Waals surface area contributed by atoms with Crippen LogP contribution in [0.4, 0.5) is 0 Å². The second kappa shape index (κ2) is 7.31. The molecule has 0 aliphatic carbocycles. The van der Waals surface area contributed by atoms with Gasteiger partial charge in [-0.2, -0.15) is 9.40 Å². The Bertz CT molecular complexity index is 956. The summed E-state index contributed by atoms with van der Waals surface area (Å²) < 4.78 is 28.8. The van der Waals surface area contributed by atoms with Crippen LogP contribution in [0.5, 0.6) is 0 Å². The average molecular weight is 416 g/mol. The lowest BCUT2D eigenvalue weighted by atomic mass is 9.91. The van der Waals surface area contributed by atoms with E-state index in [4.69, 9.17) is 23.2 Å². The minimum Gasteiger partial charge on any atom is -0.294 e. The third-order valence-electron chi connectivity index (χ3n) is 4.56. The lowest BCUT2D eigenvalue weighted by Gasteiger charge is -2.31. The van der Waals surface area contributed by atoms with E-state index in [2.05, 4.69) is 5.10 Å². The van der Waals surface area contributed by atoms with Crippen molar-refractivity contribution < 1.29 is 13.2 Å². The SMILES string of the molecule is Cc1nn(C)c(Cl)c1S(=O)(=O)N1CCCC(C(=O)c2cccc(Cl)c2)C1. The highest BCUT2D eigenvalue weighted by atomic mass is 35.5. The van der Waals surface area contributed by atoms with Crippen LogP contribution in [0.15, 0.2) is 29.2 Å². The van der Waals surface area contributed by atoms with E-state index in [0.29, 0.717) is 35.7 Å². The minimum absolute atomic E-state index is 0.0116. The second-order valence-electron chi connectivity index (χ2n) is 6.41. The lowest BCUT2D eigenvalue weighted by molar-refractivity contribution is 0.0872. The summed E-state index contributed by atoms with van der Waals surface area (Å²) in [6, 6.07) is 6.72. The Kier molecular flexibility index (Phi) is 5.44. The lowest BCUT2D eigenvalue weighted by Crippen LogP contribution is -2.42. The maximum atomic E-state index is 13.1. The molecule has 0 radical (unpaired) electrons. The molecule has 0 saturated carbocycles. The van der Waals surface area contributed by atoms with Crippen LogP contribution in [0, 0.1) is 12.8 Å². The van der Waals surface area contributed by atoms with Crippen molar-refractivity contribution >= 4 is 39.0 Å². The smallest absolute Gasteiger partial charge is 0.248 e. The van der Waals surface area contributed by atoms with Crippen molar-refractivity contribution in [2.75, 3.05) is 13.1 Å². The Hall–Kier alpha value is -1.41. The number of carbonyl (C=O) groups is 1. The Morgan fingerprint density at radius 3 is 2.65 bits per heavy atom. The highest BCUT2D eigenvalue weighted by molar-refractivity contribution is 7.89. The molecule has 26 heavy (non-hydrogen) atoms. The molecule has 2 heterocycles. The number of halogens is 2. The van der Waals surface area contributed by atoms with Crippen molar-refractivity contribution in [3.8, 4) is 0 Å². The van der Waals surface area contributed by atoms with Crippen molar-refractivity contribution in [3.05, 3.63) is 45.7 Å². The number of benzene rings is 1. The van der Waals surface area contributed by atoms with Gasteiger partial charge in [0.2, 0.25) is 10.0 Å². The molecular weight excluding hydrogens is 397 g/mol. The van der Waals surface area contributed by atoms with Gasteiger partial charge in [0, 0.05) is 36.6 Å². The summed E-state index contributed by atoms with van der Waals surface area (Å²) in [6.45, 7) is 2.09. The zero-order chi connectivity index (χ0) is 19.1. The van der Waals surface area contributed by atoms with Crippen molar-refractivity contribution in [1.29, 1.82) is 0 Å². The maximum absolute atomic E-state index is 13.1. The van der Waals surface area contributed by atoms with Gasteiger partial charge in [-0.3, -0.25) is 9.48 Å². The molecule has 1 aromatic heterocycles. The van der Waals surface area contributed by atoms with E-state index in [1.54, 1.807) is 38.2 Å². The first-order valence-corrected chi connectivity index (χ1v) is 10.4. The Morgan fingerprint density at radius 1 is 1.31 bits per heavy atom. The Labute approximate surface area is 162 Å². The number of ketones is 1. The van der Waals surface area contributed by atoms with Gasteiger partial charge >= 0.3 is 0 Å². The van der Waals surface area contributed by atoms with Gasteiger partial charge < -0.3 is 0 Å². The van der Waals surface area contributed by atoms with Gasteiger partial charge in [0.15, 0.2) is 5.78 Å². The van der Waals surface area contributed by atoms with E-state index >= 15 is 0 Å². The number of piperidine rings is 1. The predicted molar refractivity (Wildman–Crippen MR) is 100 cm³/mol. The molecule has 140 valence electrons. The fraction of sp³-hybridized carbons (Fsp3) is 0.412. The number of hydrogen-bond donors (Lipinski definition) is 0. The largest absolute Gasteiger partial charge is 0.294 e. The fourth-order valence-electron chi connectivity index (χ4n) is 3.28. The van der Waals surface area contributed by atoms with E-state index in [1.807, 2.05) is 0 Å². The van der Waals surface area contributed by atoms with Crippen LogP contribution in [-0.2, 0) is 17.1 Å². The third-order valence-corrected chi connectivity index (χ3v) is 7.36. The molecule has 0 amide bonds. The number of aromatic nitrogens is 2. The zero-order valence-electron chi connectivity index (χ0n) is 14.4.